The first-order valence-corrected chi connectivity index (χ1v) is 5.38. The lowest BCUT2D eigenvalue weighted by Gasteiger charge is -2.06. The molecule has 0 amide bonds. The topological polar surface area (TPSA) is 42.8 Å². The first kappa shape index (κ1) is 10.4. The van der Waals surface area contributed by atoms with Crippen LogP contribution in [0.4, 0.5) is 0 Å². The lowest BCUT2D eigenvalue weighted by atomic mass is 10.3. The number of aromatic nitrogens is 3. The van der Waals surface area contributed by atoms with Crippen molar-refractivity contribution in [2.75, 3.05) is 7.11 Å². The number of halogens is 1. The van der Waals surface area contributed by atoms with Gasteiger partial charge in [-0.15, -0.1) is 0 Å². The molecule has 6 heteroatoms. The average Bonchev–Trinajstić information content (AvgIpc) is 2.65. The number of rotatable bonds is 2. The summed E-state index contributed by atoms with van der Waals surface area (Å²) in [5.41, 5.74) is 0.911. The molecule has 1 aromatic heterocycles. The Balaban J connectivity index is 2.55. The Morgan fingerprint density at radius 2 is 2.33 bits per heavy atom. The third kappa shape index (κ3) is 1.95. The quantitative estimate of drug-likeness (QED) is 0.863. The highest BCUT2D eigenvalue weighted by atomic mass is 79.9. The van der Waals surface area contributed by atoms with Crippen molar-refractivity contribution in [3.8, 4) is 11.4 Å². The van der Waals surface area contributed by atoms with Gasteiger partial charge >= 0.3 is 0 Å². The molecule has 4 nitrogen and oxygen atoms in total. The van der Waals surface area contributed by atoms with Crippen LogP contribution in [0.1, 0.15) is 0 Å². The summed E-state index contributed by atoms with van der Waals surface area (Å²) in [5.74, 6) is 0.760. The van der Waals surface area contributed by atoms with E-state index < -0.39 is 0 Å². The second-order valence-electron chi connectivity index (χ2n) is 2.85. The summed E-state index contributed by atoms with van der Waals surface area (Å²) >= 11 is 8.46. The molecule has 0 aliphatic carbocycles. The maximum absolute atomic E-state index is 5.20. The van der Waals surface area contributed by atoms with Crippen LogP contribution in [0.5, 0.6) is 5.75 Å². The van der Waals surface area contributed by atoms with Gasteiger partial charge in [-0.3, -0.25) is 9.67 Å². The van der Waals surface area contributed by atoms with Gasteiger partial charge in [0.15, 0.2) is 4.77 Å². The fourth-order valence-electron chi connectivity index (χ4n) is 1.23. The van der Waals surface area contributed by atoms with Crippen LogP contribution in [-0.2, 0) is 0 Å². The van der Waals surface area contributed by atoms with Gasteiger partial charge in [-0.25, -0.2) is 0 Å². The molecule has 78 valence electrons. The molecule has 2 aromatic rings. The zero-order valence-corrected chi connectivity index (χ0v) is 10.3. The van der Waals surface area contributed by atoms with Crippen LogP contribution in [0, 0.1) is 4.77 Å². The number of nitrogens with zero attached hydrogens (tertiary/aromatic N) is 2. The zero-order valence-electron chi connectivity index (χ0n) is 7.90. The highest BCUT2D eigenvalue weighted by Crippen LogP contribution is 2.27. The Labute approximate surface area is 100 Å². The monoisotopic (exact) mass is 285 g/mol. The van der Waals surface area contributed by atoms with E-state index in [9.17, 15) is 0 Å². The number of H-pyrrole nitrogens is 1. The predicted molar refractivity (Wildman–Crippen MR) is 63.0 cm³/mol. The third-order valence-electron chi connectivity index (χ3n) is 1.97. The molecule has 0 spiro atoms. The number of hydrogen-bond donors (Lipinski definition) is 1. The van der Waals surface area contributed by atoms with Crippen molar-refractivity contribution in [3.63, 3.8) is 0 Å². The van der Waals surface area contributed by atoms with Gasteiger partial charge in [-0.2, -0.15) is 5.10 Å². The third-order valence-corrected chi connectivity index (χ3v) is 2.91. The summed E-state index contributed by atoms with van der Waals surface area (Å²) in [4.78, 5) is 0. The Morgan fingerprint density at radius 1 is 1.53 bits per heavy atom. The second-order valence-corrected chi connectivity index (χ2v) is 4.09. The number of benzene rings is 1. The summed E-state index contributed by atoms with van der Waals surface area (Å²) in [6, 6.07) is 5.72. The van der Waals surface area contributed by atoms with Gasteiger partial charge in [-0.1, -0.05) is 0 Å². The molecule has 0 atom stereocenters. The highest BCUT2D eigenvalue weighted by molar-refractivity contribution is 9.10. The minimum absolute atomic E-state index is 0.555. The molecule has 0 radical (unpaired) electrons. The minimum atomic E-state index is 0.555. The molecule has 2 rings (SSSR count). The first-order chi connectivity index (χ1) is 7.22. The molecule has 15 heavy (non-hydrogen) atoms. The van der Waals surface area contributed by atoms with Crippen LogP contribution >= 0.6 is 28.1 Å². The van der Waals surface area contributed by atoms with Crippen molar-refractivity contribution < 1.29 is 4.74 Å². The van der Waals surface area contributed by atoms with E-state index >= 15 is 0 Å². The predicted octanol–water partition coefficient (Wildman–Crippen LogP) is 2.70. The van der Waals surface area contributed by atoms with Gasteiger partial charge in [0.2, 0.25) is 0 Å². The number of methoxy groups -OCH3 is 1. The van der Waals surface area contributed by atoms with Gasteiger partial charge in [0.05, 0.1) is 17.3 Å². The van der Waals surface area contributed by atoms with E-state index in [0.717, 1.165) is 15.9 Å². The molecule has 0 fully saturated rings. The van der Waals surface area contributed by atoms with Crippen LogP contribution in [0.25, 0.3) is 5.69 Å². The van der Waals surface area contributed by atoms with Gasteiger partial charge in [0, 0.05) is 6.07 Å². The van der Waals surface area contributed by atoms with E-state index in [1.807, 2.05) is 18.2 Å². The van der Waals surface area contributed by atoms with Crippen LogP contribution in [0.3, 0.4) is 0 Å². The molecular formula is C9H8BrN3OS. The van der Waals surface area contributed by atoms with Gasteiger partial charge < -0.3 is 4.74 Å². The zero-order chi connectivity index (χ0) is 10.8. The molecular weight excluding hydrogens is 278 g/mol. The fourth-order valence-corrected chi connectivity index (χ4v) is 1.84. The summed E-state index contributed by atoms with van der Waals surface area (Å²) in [7, 11) is 1.62. The van der Waals surface area contributed by atoms with E-state index in [2.05, 4.69) is 26.1 Å². The summed E-state index contributed by atoms with van der Waals surface area (Å²) in [6.07, 6.45) is 1.63. The molecule has 0 saturated carbocycles. The Hall–Kier alpha value is -1.14. The molecule has 0 bridgehead atoms. The molecule has 1 aromatic carbocycles. The van der Waals surface area contributed by atoms with Gasteiger partial charge in [0.1, 0.15) is 12.1 Å². The standard InChI is InChI=1S/C9H8BrN3OS/c1-14-8-4-6(2-3-7(8)10)13-5-11-12-9(13)15/h2-5H,1H3,(H,12,15). The van der Waals surface area contributed by atoms with Crippen LogP contribution < -0.4 is 4.74 Å². The number of ether oxygens (including phenoxy) is 1. The van der Waals surface area contributed by atoms with Crippen molar-refractivity contribution in [3.05, 3.63) is 33.8 Å². The smallest absolute Gasteiger partial charge is 0.199 e. The van der Waals surface area contributed by atoms with E-state index in [0.29, 0.717) is 4.77 Å². The van der Waals surface area contributed by atoms with Gasteiger partial charge in [-0.05, 0) is 40.3 Å². The molecule has 0 aliphatic rings. The first-order valence-electron chi connectivity index (χ1n) is 4.18. The normalized spacial score (nSPS) is 10.3. The van der Waals surface area contributed by atoms with E-state index in [4.69, 9.17) is 17.0 Å². The summed E-state index contributed by atoms with van der Waals surface area (Å²) < 4.78 is 8.43. The Kier molecular flexibility index (Phi) is 2.88. The lowest BCUT2D eigenvalue weighted by Crippen LogP contribution is -1.93. The maximum Gasteiger partial charge on any atom is 0.199 e. The molecule has 0 unspecified atom stereocenters. The largest absolute Gasteiger partial charge is 0.495 e. The number of hydrogen-bond acceptors (Lipinski definition) is 3. The Bertz CT molecular complexity index is 534. The van der Waals surface area contributed by atoms with Crippen molar-refractivity contribution in [1.29, 1.82) is 0 Å². The maximum atomic E-state index is 5.20. The van der Waals surface area contributed by atoms with Crippen molar-refractivity contribution >= 4 is 28.1 Å². The lowest BCUT2D eigenvalue weighted by molar-refractivity contribution is 0.412. The minimum Gasteiger partial charge on any atom is -0.495 e. The SMILES string of the molecule is COc1cc(-n2cn[nH]c2=S)ccc1Br. The van der Waals surface area contributed by atoms with Crippen molar-refractivity contribution in [2.45, 2.75) is 0 Å². The van der Waals surface area contributed by atoms with Crippen molar-refractivity contribution in [2.24, 2.45) is 0 Å². The molecule has 1 N–H and O–H groups in total. The fraction of sp³-hybridized carbons (Fsp3) is 0.111. The second kappa shape index (κ2) is 4.16. The summed E-state index contributed by atoms with van der Waals surface area (Å²) in [5, 5.41) is 6.55. The van der Waals surface area contributed by atoms with Crippen LogP contribution in [0.15, 0.2) is 29.0 Å². The highest BCUT2D eigenvalue weighted by Gasteiger charge is 2.03. The van der Waals surface area contributed by atoms with Crippen molar-refractivity contribution in [1.82, 2.24) is 14.8 Å². The van der Waals surface area contributed by atoms with E-state index in [-0.39, 0.29) is 0 Å². The number of nitrogens with one attached hydrogen (secondary N) is 1. The number of aromatic amines is 1. The average molecular weight is 286 g/mol. The van der Waals surface area contributed by atoms with E-state index in [1.165, 1.54) is 0 Å². The summed E-state index contributed by atoms with van der Waals surface area (Å²) in [6.45, 7) is 0. The molecule has 1 heterocycles. The molecule has 0 aliphatic heterocycles. The Morgan fingerprint density at radius 3 is 2.93 bits per heavy atom. The van der Waals surface area contributed by atoms with Gasteiger partial charge in [0.25, 0.3) is 0 Å². The molecule has 0 saturated heterocycles. The van der Waals surface area contributed by atoms with E-state index in [1.54, 1.807) is 18.0 Å². The van der Waals surface area contributed by atoms with Crippen LogP contribution in [0.2, 0.25) is 0 Å². The van der Waals surface area contributed by atoms with Crippen LogP contribution in [-0.4, -0.2) is 21.9 Å².